The Morgan fingerprint density at radius 1 is 1.25 bits per heavy atom. The monoisotopic (exact) mass is 295 g/mol. The largest absolute Gasteiger partial charge is 0.308 e. The predicted octanol–water partition coefficient (Wildman–Crippen LogP) is 5.00. The Labute approximate surface area is 126 Å². The molecule has 1 fully saturated rings. The fourth-order valence-corrected chi connectivity index (χ4v) is 3.85. The molecule has 0 aliphatic heterocycles. The van der Waals surface area contributed by atoms with Crippen molar-refractivity contribution in [1.82, 2.24) is 5.32 Å². The van der Waals surface area contributed by atoms with Crippen LogP contribution < -0.4 is 5.32 Å². The van der Waals surface area contributed by atoms with E-state index in [1.54, 1.807) is 6.07 Å². The molecule has 0 atom stereocenters. The second kappa shape index (κ2) is 6.95. The molecule has 1 aromatic carbocycles. The van der Waals surface area contributed by atoms with E-state index in [0.717, 1.165) is 22.1 Å². The van der Waals surface area contributed by atoms with E-state index in [1.165, 1.54) is 25.7 Å². The van der Waals surface area contributed by atoms with Gasteiger partial charge in [0.1, 0.15) is 5.82 Å². The van der Waals surface area contributed by atoms with Crippen molar-refractivity contribution in [1.29, 1.82) is 0 Å². The van der Waals surface area contributed by atoms with Crippen LogP contribution in [0.5, 0.6) is 0 Å². The van der Waals surface area contributed by atoms with Gasteiger partial charge in [-0.1, -0.05) is 18.9 Å². The van der Waals surface area contributed by atoms with Gasteiger partial charge in [-0.05, 0) is 51.7 Å². The molecule has 0 aromatic heterocycles. The Bertz CT molecular complexity index is 433. The zero-order valence-corrected chi connectivity index (χ0v) is 13.7. The molecule has 20 heavy (non-hydrogen) atoms. The first-order valence-electron chi connectivity index (χ1n) is 7.61. The van der Waals surface area contributed by atoms with Crippen LogP contribution >= 0.6 is 11.8 Å². The van der Waals surface area contributed by atoms with E-state index < -0.39 is 0 Å². The number of thioether (sulfide) groups is 1. The molecule has 0 radical (unpaired) electrons. The molecule has 0 spiro atoms. The van der Waals surface area contributed by atoms with Crippen molar-refractivity contribution in [3.8, 4) is 0 Å². The van der Waals surface area contributed by atoms with Crippen LogP contribution in [0.4, 0.5) is 4.39 Å². The Kier molecular flexibility index (Phi) is 5.50. The first-order chi connectivity index (χ1) is 9.46. The first-order valence-corrected chi connectivity index (χ1v) is 8.59. The van der Waals surface area contributed by atoms with Crippen molar-refractivity contribution in [2.75, 3.05) is 5.75 Å². The van der Waals surface area contributed by atoms with E-state index in [2.05, 4.69) is 32.2 Å². The molecule has 1 aliphatic rings. The van der Waals surface area contributed by atoms with Gasteiger partial charge in [-0.2, -0.15) is 0 Å². The normalized spacial score (nSPS) is 16.8. The zero-order chi connectivity index (χ0) is 14.6. The van der Waals surface area contributed by atoms with Gasteiger partial charge in [0, 0.05) is 28.3 Å². The fourth-order valence-electron chi connectivity index (χ4n) is 2.58. The van der Waals surface area contributed by atoms with E-state index in [-0.39, 0.29) is 11.4 Å². The second-order valence-corrected chi connectivity index (χ2v) is 7.84. The van der Waals surface area contributed by atoms with Crippen LogP contribution in [0.1, 0.15) is 52.0 Å². The highest BCUT2D eigenvalue weighted by molar-refractivity contribution is 7.99. The topological polar surface area (TPSA) is 12.0 Å². The Morgan fingerprint density at radius 2 is 1.95 bits per heavy atom. The van der Waals surface area contributed by atoms with Gasteiger partial charge in [0.2, 0.25) is 0 Å². The van der Waals surface area contributed by atoms with Crippen molar-refractivity contribution in [3.63, 3.8) is 0 Å². The fraction of sp³-hybridized carbons (Fsp3) is 0.647. The quantitative estimate of drug-likeness (QED) is 0.767. The van der Waals surface area contributed by atoms with E-state index in [4.69, 9.17) is 0 Å². The third-order valence-corrected chi connectivity index (χ3v) is 5.15. The number of halogens is 1. The third kappa shape index (κ3) is 4.78. The highest BCUT2D eigenvalue weighted by Crippen LogP contribution is 2.33. The van der Waals surface area contributed by atoms with Crippen molar-refractivity contribution >= 4 is 11.8 Å². The Balaban J connectivity index is 2.01. The molecule has 1 aliphatic carbocycles. The van der Waals surface area contributed by atoms with Gasteiger partial charge in [0.05, 0.1) is 0 Å². The van der Waals surface area contributed by atoms with E-state index >= 15 is 0 Å². The van der Waals surface area contributed by atoms with Gasteiger partial charge in [0.15, 0.2) is 0 Å². The van der Waals surface area contributed by atoms with E-state index in [9.17, 15) is 4.39 Å². The maximum absolute atomic E-state index is 14.1. The van der Waals surface area contributed by atoms with Gasteiger partial charge in [-0.15, -0.1) is 11.8 Å². The summed E-state index contributed by atoms with van der Waals surface area (Å²) in [4.78, 5) is 1.11. The molecule has 0 heterocycles. The summed E-state index contributed by atoms with van der Waals surface area (Å²) in [5.41, 5.74) is 0.834. The van der Waals surface area contributed by atoms with Gasteiger partial charge in [0.25, 0.3) is 0 Å². The van der Waals surface area contributed by atoms with E-state index in [1.807, 2.05) is 17.8 Å². The molecule has 1 saturated carbocycles. The zero-order valence-electron chi connectivity index (χ0n) is 12.8. The van der Waals surface area contributed by atoms with Gasteiger partial charge < -0.3 is 5.32 Å². The summed E-state index contributed by atoms with van der Waals surface area (Å²) in [5, 5.41) is 3.39. The van der Waals surface area contributed by atoms with Gasteiger partial charge in [-0.3, -0.25) is 0 Å². The minimum absolute atomic E-state index is 0.00959. The highest BCUT2D eigenvalue weighted by Gasteiger charge is 2.17. The van der Waals surface area contributed by atoms with Gasteiger partial charge >= 0.3 is 0 Å². The highest BCUT2D eigenvalue weighted by atomic mass is 32.2. The summed E-state index contributed by atoms with van der Waals surface area (Å²) >= 11 is 1.83. The molecule has 1 nitrogen and oxygen atoms in total. The van der Waals surface area contributed by atoms with Crippen LogP contribution in [-0.4, -0.2) is 11.3 Å². The molecule has 2 rings (SSSR count). The lowest BCUT2D eigenvalue weighted by Gasteiger charge is -2.22. The molecule has 0 bridgehead atoms. The Hall–Kier alpha value is -0.540. The molecule has 1 N–H and O–H groups in total. The molecular formula is C17H26FNS. The van der Waals surface area contributed by atoms with Crippen molar-refractivity contribution in [2.45, 2.75) is 63.4 Å². The number of hydrogen-bond donors (Lipinski definition) is 1. The smallest absolute Gasteiger partial charge is 0.128 e. The maximum atomic E-state index is 14.1. The first kappa shape index (κ1) is 15.8. The summed E-state index contributed by atoms with van der Waals surface area (Å²) in [6.07, 6.45) is 5.43. The number of hydrogen-bond acceptors (Lipinski definition) is 2. The average Bonchev–Trinajstić information content (AvgIpc) is 2.87. The number of nitrogens with one attached hydrogen (secondary N) is 1. The second-order valence-electron chi connectivity index (χ2n) is 6.78. The van der Waals surface area contributed by atoms with Crippen LogP contribution in [0.3, 0.4) is 0 Å². The lowest BCUT2D eigenvalue weighted by atomic mass is 10.1. The molecule has 0 saturated heterocycles. The lowest BCUT2D eigenvalue weighted by Crippen LogP contribution is -2.35. The summed E-state index contributed by atoms with van der Waals surface area (Å²) < 4.78 is 14.1. The van der Waals surface area contributed by atoms with Crippen LogP contribution in [0.2, 0.25) is 0 Å². The summed E-state index contributed by atoms with van der Waals surface area (Å²) in [7, 11) is 0. The molecule has 1 aromatic rings. The molecule has 112 valence electrons. The molecular weight excluding hydrogens is 269 g/mol. The van der Waals surface area contributed by atoms with Crippen molar-refractivity contribution in [3.05, 3.63) is 29.6 Å². The minimum Gasteiger partial charge on any atom is -0.308 e. The van der Waals surface area contributed by atoms with Crippen LogP contribution in [0.15, 0.2) is 23.1 Å². The lowest BCUT2D eigenvalue weighted by molar-refractivity contribution is 0.416. The van der Waals surface area contributed by atoms with Crippen LogP contribution in [-0.2, 0) is 6.54 Å². The SMILES string of the molecule is CC(C)(C)NCc1c(F)cccc1SCC1CCCC1. The summed E-state index contributed by atoms with van der Waals surface area (Å²) in [6.45, 7) is 6.93. The Morgan fingerprint density at radius 3 is 2.60 bits per heavy atom. The predicted molar refractivity (Wildman–Crippen MR) is 85.7 cm³/mol. The molecule has 0 unspecified atom stereocenters. The maximum Gasteiger partial charge on any atom is 0.128 e. The van der Waals surface area contributed by atoms with Crippen molar-refractivity contribution in [2.24, 2.45) is 5.92 Å². The third-order valence-electron chi connectivity index (χ3n) is 3.82. The van der Waals surface area contributed by atoms with Gasteiger partial charge in [-0.25, -0.2) is 4.39 Å². The van der Waals surface area contributed by atoms with Crippen LogP contribution in [0, 0.1) is 11.7 Å². The average molecular weight is 295 g/mol. The van der Waals surface area contributed by atoms with Crippen molar-refractivity contribution < 1.29 is 4.39 Å². The molecule has 0 amide bonds. The van der Waals surface area contributed by atoms with E-state index in [0.29, 0.717) is 6.54 Å². The number of rotatable bonds is 5. The summed E-state index contributed by atoms with van der Waals surface area (Å²) in [6, 6.07) is 5.45. The standard InChI is InChI=1S/C17H26FNS/c1-17(2,3)19-11-14-15(18)9-6-10-16(14)20-12-13-7-4-5-8-13/h6,9-10,13,19H,4-5,7-8,11-12H2,1-3H3. The molecule has 3 heteroatoms. The number of benzene rings is 1. The minimum atomic E-state index is -0.0850. The van der Waals surface area contributed by atoms with Crippen LogP contribution in [0.25, 0.3) is 0 Å². The summed E-state index contributed by atoms with van der Waals surface area (Å²) in [5.74, 6) is 1.87.